The van der Waals surface area contributed by atoms with Crippen LogP contribution in [0, 0.1) is 18.7 Å². The number of amides is 1. The third kappa shape index (κ3) is 4.93. The van der Waals surface area contributed by atoms with Crippen LogP contribution in [0.25, 0.3) is 0 Å². The van der Waals surface area contributed by atoms with Crippen LogP contribution >= 0.6 is 11.3 Å². The highest BCUT2D eigenvalue weighted by molar-refractivity contribution is 7.09. The molecule has 2 aromatic rings. The molecule has 0 fully saturated rings. The molecule has 1 amide bonds. The molecule has 5 heteroatoms. The van der Waals surface area contributed by atoms with E-state index in [0.717, 1.165) is 22.7 Å². The fraction of sp³-hybridized carbons (Fsp3) is 0.375. The Labute approximate surface area is 128 Å². The van der Waals surface area contributed by atoms with Gasteiger partial charge in [0.15, 0.2) is 0 Å². The number of rotatable bonds is 6. The Hall–Kier alpha value is -1.75. The van der Waals surface area contributed by atoms with Crippen LogP contribution in [0.1, 0.15) is 23.2 Å². The monoisotopic (exact) mass is 306 g/mol. The van der Waals surface area contributed by atoms with Crippen LogP contribution < -0.4 is 5.32 Å². The van der Waals surface area contributed by atoms with Crippen LogP contribution in [-0.2, 0) is 17.6 Å². The summed E-state index contributed by atoms with van der Waals surface area (Å²) in [6.45, 7) is 4.44. The van der Waals surface area contributed by atoms with Gasteiger partial charge in [0, 0.05) is 24.3 Å². The molecular weight excluding hydrogens is 287 g/mol. The molecular formula is C16H19FN2OS. The molecule has 1 heterocycles. The Morgan fingerprint density at radius 1 is 1.38 bits per heavy atom. The second-order valence-electron chi connectivity index (χ2n) is 5.13. The van der Waals surface area contributed by atoms with Gasteiger partial charge in [-0.3, -0.25) is 4.79 Å². The molecule has 0 radical (unpaired) electrons. The van der Waals surface area contributed by atoms with Gasteiger partial charge in [-0.2, -0.15) is 0 Å². The van der Waals surface area contributed by atoms with Gasteiger partial charge in [0.1, 0.15) is 5.82 Å². The molecule has 1 aromatic heterocycles. The Kier molecular flexibility index (Phi) is 5.44. The molecule has 1 aromatic carbocycles. The first kappa shape index (κ1) is 15.6. The highest BCUT2D eigenvalue weighted by Crippen LogP contribution is 2.10. The summed E-state index contributed by atoms with van der Waals surface area (Å²) in [4.78, 5) is 16.4. The summed E-state index contributed by atoms with van der Waals surface area (Å²) in [6, 6.07) is 6.28. The topological polar surface area (TPSA) is 42.0 Å². The van der Waals surface area contributed by atoms with Crippen molar-refractivity contribution in [1.29, 1.82) is 0 Å². The van der Waals surface area contributed by atoms with E-state index >= 15 is 0 Å². The second kappa shape index (κ2) is 7.31. The van der Waals surface area contributed by atoms with E-state index in [4.69, 9.17) is 0 Å². The number of aromatic nitrogens is 1. The van der Waals surface area contributed by atoms with E-state index in [2.05, 4.69) is 10.3 Å². The molecule has 0 saturated carbocycles. The second-order valence-corrected chi connectivity index (χ2v) is 6.19. The quantitative estimate of drug-likeness (QED) is 0.891. The number of carbonyl (C=O) groups excluding carboxylic acids is 1. The third-order valence-corrected chi connectivity index (χ3v) is 4.07. The van der Waals surface area contributed by atoms with E-state index in [-0.39, 0.29) is 17.6 Å². The summed E-state index contributed by atoms with van der Waals surface area (Å²) in [5.74, 6) is -0.367. The Morgan fingerprint density at radius 3 is 2.71 bits per heavy atom. The molecule has 1 atom stereocenters. The van der Waals surface area contributed by atoms with Gasteiger partial charge in [0.2, 0.25) is 5.91 Å². The molecule has 0 spiro atoms. The summed E-state index contributed by atoms with van der Waals surface area (Å²) >= 11 is 1.62. The first-order chi connectivity index (χ1) is 10.0. The average Bonchev–Trinajstić information content (AvgIpc) is 2.87. The first-order valence-corrected chi connectivity index (χ1v) is 7.85. The van der Waals surface area contributed by atoms with Crippen molar-refractivity contribution in [2.45, 2.75) is 26.7 Å². The minimum absolute atomic E-state index is 0.0197. The van der Waals surface area contributed by atoms with E-state index in [1.807, 2.05) is 19.2 Å². The number of carbonyl (C=O) groups is 1. The SMILES string of the molecule is Cc1nc(CCNC(=O)C(C)Cc2ccc(F)cc2)cs1. The number of nitrogens with one attached hydrogen (secondary N) is 1. The van der Waals surface area contributed by atoms with Crippen molar-refractivity contribution in [1.82, 2.24) is 10.3 Å². The van der Waals surface area contributed by atoms with Crippen LogP contribution in [0.2, 0.25) is 0 Å². The minimum atomic E-state index is -0.255. The predicted molar refractivity (Wildman–Crippen MR) is 82.8 cm³/mol. The Balaban J connectivity index is 1.75. The molecule has 1 unspecified atom stereocenters. The molecule has 0 bridgehead atoms. The van der Waals surface area contributed by atoms with Crippen molar-refractivity contribution in [2.75, 3.05) is 6.54 Å². The third-order valence-electron chi connectivity index (χ3n) is 3.25. The Bertz CT molecular complexity index is 595. The van der Waals surface area contributed by atoms with Crippen LogP contribution in [-0.4, -0.2) is 17.4 Å². The number of benzene rings is 1. The van der Waals surface area contributed by atoms with E-state index in [0.29, 0.717) is 13.0 Å². The molecule has 1 N–H and O–H groups in total. The summed E-state index contributed by atoms with van der Waals surface area (Å²) in [5.41, 5.74) is 1.98. The van der Waals surface area contributed by atoms with Crippen molar-refractivity contribution in [3.63, 3.8) is 0 Å². The molecule has 112 valence electrons. The lowest BCUT2D eigenvalue weighted by molar-refractivity contribution is -0.124. The van der Waals surface area contributed by atoms with Gasteiger partial charge in [-0.15, -0.1) is 11.3 Å². The first-order valence-electron chi connectivity index (χ1n) is 6.98. The van der Waals surface area contributed by atoms with Gasteiger partial charge in [0.05, 0.1) is 10.7 Å². The number of hydrogen-bond donors (Lipinski definition) is 1. The number of aryl methyl sites for hydroxylation is 1. The highest BCUT2D eigenvalue weighted by atomic mass is 32.1. The average molecular weight is 306 g/mol. The molecule has 0 aliphatic carbocycles. The lowest BCUT2D eigenvalue weighted by Crippen LogP contribution is -2.31. The van der Waals surface area contributed by atoms with Crippen molar-refractivity contribution in [3.05, 3.63) is 51.7 Å². The van der Waals surface area contributed by atoms with E-state index in [1.54, 1.807) is 23.5 Å². The van der Waals surface area contributed by atoms with Gasteiger partial charge in [0.25, 0.3) is 0 Å². The summed E-state index contributed by atoms with van der Waals surface area (Å²) < 4.78 is 12.8. The molecule has 2 rings (SSSR count). The van der Waals surface area contributed by atoms with Crippen molar-refractivity contribution < 1.29 is 9.18 Å². The van der Waals surface area contributed by atoms with Crippen LogP contribution in [0.5, 0.6) is 0 Å². The van der Waals surface area contributed by atoms with Crippen LogP contribution in [0.15, 0.2) is 29.6 Å². The Morgan fingerprint density at radius 2 is 2.10 bits per heavy atom. The number of halogens is 1. The number of hydrogen-bond acceptors (Lipinski definition) is 3. The molecule has 3 nitrogen and oxygen atoms in total. The predicted octanol–water partition coefficient (Wildman–Crippen LogP) is 3.13. The number of thiazole rings is 1. The minimum Gasteiger partial charge on any atom is -0.355 e. The summed E-state index contributed by atoms with van der Waals surface area (Å²) in [7, 11) is 0. The number of nitrogens with zero attached hydrogens (tertiary/aromatic N) is 1. The zero-order valence-electron chi connectivity index (χ0n) is 12.2. The largest absolute Gasteiger partial charge is 0.355 e. The standard InChI is InChI=1S/C16H19FN2OS/c1-11(9-13-3-5-14(17)6-4-13)16(20)18-8-7-15-10-21-12(2)19-15/h3-6,10-11H,7-9H2,1-2H3,(H,18,20). The summed E-state index contributed by atoms with van der Waals surface area (Å²) in [6.07, 6.45) is 1.36. The van der Waals surface area contributed by atoms with Crippen molar-refractivity contribution in [3.8, 4) is 0 Å². The maximum Gasteiger partial charge on any atom is 0.223 e. The fourth-order valence-electron chi connectivity index (χ4n) is 2.08. The molecule has 21 heavy (non-hydrogen) atoms. The zero-order valence-corrected chi connectivity index (χ0v) is 13.0. The van der Waals surface area contributed by atoms with Gasteiger partial charge < -0.3 is 5.32 Å². The summed E-state index contributed by atoms with van der Waals surface area (Å²) in [5, 5.41) is 5.98. The lowest BCUT2D eigenvalue weighted by Gasteiger charge is -2.12. The van der Waals surface area contributed by atoms with Gasteiger partial charge >= 0.3 is 0 Å². The highest BCUT2D eigenvalue weighted by Gasteiger charge is 2.13. The normalized spacial score (nSPS) is 12.1. The van der Waals surface area contributed by atoms with Gasteiger partial charge in [-0.1, -0.05) is 19.1 Å². The fourth-order valence-corrected chi connectivity index (χ4v) is 2.72. The van der Waals surface area contributed by atoms with E-state index in [1.165, 1.54) is 12.1 Å². The van der Waals surface area contributed by atoms with E-state index in [9.17, 15) is 9.18 Å². The zero-order chi connectivity index (χ0) is 15.2. The van der Waals surface area contributed by atoms with Gasteiger partial charge in [-0.05, 0) is 31.0 Å². The molecule has 0 aliphatic heterocycles. The van der Waals surface area contributed by atoms with Gasteiger partial charge in [-0.25, -0.2) is 9.37 Å². The van der Waals surface area contributed by atoms with Crippen LogP contribution in [0.4, 0.5) is 4.39 Å². The van der Waals surface area contributed by atoms with Crippen LogP contribution in [0.3, 0.4) is 0 Å². The lowest BCUT2D eigenvalue weighted by atomic mass is 10.0. The maximum absolute atomic E-state index is 12.8. The van der Waals surface area contributed by atoms with Crippen molar-refractivity contribution >= 4 is 17.2 Å². The van der Waals surface area contributed by atoms with Crippen molar-refractivity contribution in [2.24, 2.45) is 5.92 Å². The molecule has 0 aliphatic rings. The van der Waals surface area contributed by atoms with E-state index < -0.39 is 0 Å². The smallest absolute Gasteiger partial charge is 0.223 e. The molecule has 0 saturated heterocycles. The maximum atomic E-state index is 12.8.